The molecule has 0 heterocycles. The first kappa shape index (κ1) is 19.0. The van der Waals surface area contributed by atoms with E-state index in [0.717, 1.165) is 18.3 Å². The van der Waals surface area contributed by atoms with Crippen molar-refractivity contribution in [1.29, 1.82) is 0 Å². The Morgan fingerprint density at radius 1 is 0.696 bits per heavy atom. The van der Waals surface area contributed by atoms with Gasteiger partial charge in [-0.3, -0.25) is 0 Å². The molecule has 0 bridgehead atoms. The molecule has 2 aromatic carbocycles. The molecule has 3 nitrogen and oxygen atoms in total. The van der Waals surface area contributed by atoms with Crippen LogP contribution in [-0.4, -0.2) is 8.42 Å². The highest BCUT2D eigenvalue weighted by Gasteiger charge is 1.98. The Morgan fingerprint density at radius 3 is 1.39 bits per heavy atom. The van der Waals surface area contributed by atoms with Crippen LogP contribution in [0, 0.1) is 7.14 Å². The molecule has 0 saturated heterocycles. The van der Waals surface area contributed by atoms with Crippen molar-refractivity contribution < 1.29 is 8.42 Å². The summed E-state index contributed by atoms with van der Waals surface area (Å²) in [6.45, 7) is 0. The van der Waals surface area contributed by atoms with Crippen molar-refractivity contribution in [3.63, 3.8) is 0 Å². The lowest BCUT2D eigenvalue weighted by Gasteiger charge is -1.97. The van der Waals surface area contributed by atoms with Gasteiger partial charge in [-0.1, -0.05) is 24.3 Å². The zero-order valence-electron chi connectivity index (χ0n) is 11.8. The van der Waals surface area contributed by atoms with Gasteiger partial charge in [0.2, 0.25) is 0 Å². The predicted molar refractivity (Wildman–Crippen MR) is 116 cm³/mol. The summed E-state index contributed by atoms with van der Waals surface area (Å²) in [4.78, 5) is 0. The second-order valence-corrected chi connectivity index (χ2v) is 9.28. The van der Waals surface area contributed by atoms with Crippen molar-refractivity contribution >= 4 is 79.3 Å². The molecule has 7 heteroatoms. The van der Waals surface area contributed by atoms with Gasteiger partial charge in [0.15, 0.2) is 0 Å². The van der Waals surface area contributed by atoms with Crippen LogP contribution in [0.25, 0.3) is 12.2 Å². The van der Waals surface area contributed by atoms with Crippen LogP contribution in [0.4, 0.5) is 0 Å². The zero-order chi connectivity index (χ0) is 16.7. The number of hydrogen-bond acceptors (Lipinski definition) is 2. The van der Waals surface area contributed by atoms with Crippen LogP contribution in [0.5, 0.6) is 0 Å². The second kappa shape index (κ2) is 9.82. The van der Waals surface area contributed by atoms with E-state index in [1.807, 2.05) is 48.5 Å². The molecule has 120 valence electrons. The van der Waals surface area contributed by atoms with Gasteiger partial charge in [-0.25, -0.2) is 8.42 Å². The van der Waals surface area contributed by atoms with E-state index in [2.05, 4.69) is 49.3 Å². The van der Waals surface area contributed by atoms with Gasteiger partial charge in [0.1, 0.15) is 22.0 Å². The molecular weight excluding hydrogens is 556 g/mol. The van der Waals surface area contributed by atoms with E-state index < -0.39 is 22.0 Å². The molecule has 0 spiro atoms. The van der Waals surface area contributed by atoms with Crippen molar-refractivity contribution in [3.05, 3.63) is 77.6 Å². The van der Waals surface area contributed by atoms with E-state index >= 15 is 0 Å². The van der Waals surface area contributed by atoms with Crippen molar-refractivity contribution in [2.45, 2.75) is 0 Å². The van der Waals surface area contributed by atoms with E-state index in [0.29, 0.717) is 0 Å². The molecule has 2 atom stereocenters. The molecule has 1 N–H and O–H groups in total. The number of halogens is 2. The maximum absolute atomic E-state index is 11.8. The molecule has 0 radical (unpaired) electrons. The predicted octanol–water partition coefficient (Wildman–Crippen LogP) is 4.45. The zero-order valence-corrected chi connectivity index (χ0v) is 17.8. The van der Waals surface area contributed by atoms with Crippen LogP contribution in [0.3, 0.4) is 0 Å². The third-order valence-corrected chi connectivity index (χ3v) is 6.19. The van der Waals surface area contributed by atoms with Gasteiger partial charge >= 0.3 is 0 Å². The van der Waals surface area contributed by atoms with Gasteiger partial charge in [0.25, 0.3) is 0 Å². The van der Waals surface area contributed by atoms with E-state index in [1.54, 1.807) is 12.2 Å². The average Bonchev–Trinajstić information content (AvgIpc) is 2.54. The Labute approximate surface area is 168 Å². The van der Waals surface area contributed by atoms with E-state index in [-0.39, 0.29) is 0 Å². The van der Waals surface area contributed by atoms with Crippen LogP contribution in [0.2, 0.25) is 0 Å². The summed E-state index contributed by atoms with van der Waals surface area (Å²) in [6, 6.07) is 15.6. The summed E-state index contributed by atoms with van der Waals surface area (Å²) in [7, 11) is -3.01. The molecule has 23 heavy (non-hydrogen) atoms. The van der Waals surface area contributed by atoms with Crippen molar-refractivity contribution in [3.8, 4) is 0 Å². The Hall–Kier alpha value is -0.360. The lowest BCUT2D eigenvalue weighted by Crippen LogP contribution is -2.15. The Balaban J connectivity index is 1.88. The molecule has 2 unspecified atom stereocenters. The third-order valence-electron chi connectivity index (χ3n) is 2.67. The van der Waals surface area contributed by atoms with Crippen LogP contribution in [0.1, 0.15) is 11.1 Å². The molecule has 0 aliphatic carbocycles. The number of hydrogen-bond donors (Lipinski definition) is 1. The highest BCUT2D eigenvalue weighted by molar-refractivity contribution is 14.1. The third kappa shape index (κ3) is 7.38. The summed E-state index contributed by atoms with van der Waals surface area (Å²) < 4.78 is 28.5. The fourth-order valence-corrected chi connectivity index (χ4v) is 3.94. The smallest absolute Gasteiger partial charge is 0.129 e. The number of benzene rings is 2. The molecule has 0 aromatic heterocycles. The van der Waals surface area contributed by atoms with E-state index in [9.17, 15) is 8.42 Å². The quantitative estimate of drug-likeness (QED) is 0.523. The minimum absolute atomic E-state index is 0.945. The number of nitrogens with one attached hydrogen (secondary N) is 1. The number of rotatable bonds is 6. The highest BCUT2D eigenvalue weighted by Crippen LogP contribution is 2.09. The summed E-state index contributed by atoms with van der Waals surface area (Å²) in [5.74, 6) is 0. The molecule has 0 amide bonds. The Morgan fingerprint density at radius 2 is 1.04 bits per heavy atom. The van der Waals surface area contributed by atoms with Crippen LogP contribution in [-0.2, 0) is 22.0 Å². The highest BCUT2D eigenvalue weighted by atomic mass is 127. The summed E-state index contributed by atoms with van der Waals surface area (Å²) >= 11 is 4.45. The molecular formula is C16H13I2NO2S2. The Bertz CT molecular complexity index is 691. The summed E-state index contributed by atoms with van der Waals surface area (Å²) in [5.41, 5.74) is 1.89. The van der Waals surface area contributed by atoms with Crippen LogP contribution < -0.4 is 4.13 Å². The SMILES string of the molecule is O=S(/C=C/c1ccc(I)cc1)NS(=O)/C=C/c1ccc(I)cc1. The second-order valence-electron chi connectivity index (χ2n) is 4.39. The molecule has 2 aromatic rings. The topological polar surface area (TPSA) is 46.2 Å². The fourth-order valence-electron chi connectivity index (χ4n) is 1.57. The van der Waals surface area contributed by atoms with Crippen molar-refractivity contribution in [1.82, 2.24) is 4.13 Å². The van der Waals surface area contributed by atoms with Gasteiger partial charge < -0.3 is 0 Å². The first-order chi connectivity index (χ1) is 11.0. The van der Waals surface area contributed by atoms with Gasteiger partial charge in [-0.15, -0.1) is 4.13 Å². The first-order valence-electron chi connectivity index (χ1n) is 6.48. The fraction of sp³-hybridized carbons (Fsp3) is 0. The van der Waals surface area contributed by atoms with E-state index in [4.69, 9.17) is 0 Å². The van der Waals surface area contributed by atoms with Gasteiger partial charge in [-0.2, -0.15) is 0 Å². The van der Waals surface area contributed by atoms with Crippen molar-refractivity contribution in [2.24, 2.45) is 0 Å². The summed E-state index contributed by atoms with van der Waals surface area (Å²) in [5, 5.41) is 2.97. The standard InChI is InChI=1S/C16H13I2NO2S2/c17-15-5-1-13(2-6-15)9-11-22(20)19-23(21)12-10-14-3-7-16(18)8-4-14/h1-12,19H/b11-9+,12-10+. The molecule has 0 aliphatic heterocycles. The largest absolute Gasteiger partial charge is 0.237 e. The lowest BCUT2D eigenvalue weighted by atomic mass is 10.2. The Kier molecular flexibility index (Phi) is 8.10. The van der Waals surface area contributed by atoms with E-state index in [1.165, 1.54) is 10.8 Å². The minimum Gasteiger partial charge on any atom is -0.237 e. The maximum Gasteiger partial charge on any atom is 0.129 e. The molecule has 0 aliphatic rings. The van der Waals surface area contributed by atoms with Gasteiger partial charge in [0.05, 0.1) is 0 Å². The summed E-state index contributed by atoms with van der Waals surface area (Å²) in [6.07, 6.45) is 3.47. The molecule has 0 fully saturated rings. The average molecular weight is 569 g/mol. The molecule has 2 rings (SSSR count). The van der Waals surface area contributed by atoms with Crippen molar-refractivity contribution in [2.75, 3.05) is 0 Å². The minimum atomic E-state index is -1.50. The van der Waals surface area contributed by atoms with Crippen LogP contribution in [0.15, 0.2) is 59.3 Å². The lowest BCUT2D eigenvalue weighted by molar-refractivity contribution is 0.678. The van der Waals surface area contributed by atoms with Gasteiger partial charge in [0, 0.05) is 18.0 Å². The van der Waals surface area contributed by atoms with Crippen LogP contribution >= 0.6 is 45.2 Å². The monoisotopic (exact) mass is 569 g/mol. The maximum atomic E-state index is 11.8. The molecule has 0 saturated carbocycles. The van der Waals surface area contributed by atoms with Gasteiger partial charge in [-0.05, 0) is 92.7 Å². The first-order valence-corrected chi connectivity index (χ1v) is 11.1. The normalized spacial score (nSPS) is 14.3.